The van der Waals surface area contributed by atoms with Gasteiger partial charge in [0.25, 0.3) is 10.0 Å². The SMILES string of the molecule is C#Cc1cccc(NS(=O)(=O)c2ccc(CNC)cc2)c1. The Hall–Kier alpha value is -2.29. The lowest BCUT2D eigenvalue weighted by molar-refractivity contribution is 0.601. The Morgan fingerprint density at radius 2 is 1.86 bits per heavy atom. The van der Waals surface area contributed by atoms with Gasteiger partial charge in [-0.3, -0.25) is 4.72 Å². The van der Waals surface area contributed by atoms with Crippen molar-refractivity contribution >= 4 is 15.7 Å². The molecule has 108 valence electrons. The summed E-state index contributed by atoms with van der Waals surface area (Å²) in [5.41, 5.74) is 2.09. The first kappa shape index (κ1) is 15.1. The highest BCUT2D eigenvalue weighted by Crippen LogP contribution is 2.17. The predicted octanol–water partition coefficient (Wildman–Crippen LogP) is 2.19. The Morgan fingerprint density at radius 3 is 2.48 bits per heavy atom. The highest BCUT2D eigenvalue weighted by molar-refractivity contribution is 7.92. The molecule has 0 aliphatic heterocycles. The van der Waals surface area contributed by atoms with E-state index < -0.39 is 10.0 Å². The molecule has 0 radical (unpaired) electrons. The number of nitrogens with one attached hydrogen (secondary N) is 2. The topological polar surface area (TPSA) is 58.2 Å². The van der Waals surface area contributed by atoms with Crippen LogP contribution in [0.3, 0.4) is 0 Å². The van der Waals surface area contributed by atoms with Crippen molar-refractivity contribution in [3.63, 3.8) is 0 Å². The smallest absolute Gasteiger partial charge is 0.261 e. The molecule has 0 aromatic heterocycles. The van der Waals surface area contributed by atoms with E-state index in [1.807, 2.05) is 7.05 Å². The first-order chi connectivity index (χ1) is 10.0. The van der Waals surface area contributed by atoms with Gasteiger partial charge in [-0.2, -0.15) is 0 Å². The molecule has 2 aromatic rings. The van der Waals surface area contributed by atoms with Crippen LogP contribution >= 0.6 is 0 Å². The first-order valence-electron chi connectivity index (χ1n) is 6.38. The van der Waals surface area contributed by atoms with E-state index in [0.717, 1.165) is 5.56 Å². The number of anilines is 1. The molecule has 0 aliphatic rings. The van der Waals surface area contributed by atoms with Crippen LogP contribution in [0.4, 0.5) is 5.69 Å². The van der Waals surface area contributed by atoms with Gasteiger partial charge in [0.1, 0.15) is 0 Å². The second-order valence-corrected chi connectivity index (χ2v) is 6.19. The van der Waals surface area contributed by atoms with E-state index >= 15 is 0 Å². The van der Waals surface area contributed by atoms with Crippen LogP contribution < -0.4 is 10.0 Å². The summed E-state index contributed by atoms with van der Waals surface area (Å²) in [5, 5.41) is 3.01. The van der Waals surface area contributed by atoms with E-state index in [0.29, 0.717) is 17.8 Å². The van der Waals surface area contributed by atoms with Crippen molar-refractivity contribution in [1.29, 1.82) is 0 Å². The van der Waals surface area contributed by atoms with Crippen molar-refractivity contribution in [2.24, 2.45) is 0 Å². The lowest BCUT2D eigenvalue weighted by Gasteiger charge is -2.09. The van der Waals surface area contributed by atoms with E-state index in [1.54, 1.807) is 48.5 Å². The van der Waals surface area contributed by atoms with E-state index in [-0.39, 0.29) is 4.90 Å². The lowest BCUT2D eigenvalue weighted by atomic mass is 10.2. The minimum absolute atomic E-state index is 0.216. The molecule has 4 nitrogen and oxygen atoms in total. The molecule has 0 saturated carbocycles. The zero-order chi connectivity index (χ0) is 15.3. The summed E-state index contributed by atoms with van der Waals surface area (Å²) in [5.74, 6) is 2.47. The Balaban J connectivity index is 2.23. The standard InChI is InChI=1S/C16H16N2O2S/c1-3-13-5-4-6-15(11-13)18-21(19,20)16-9-7-14(8-10-16)12-17-2/h1,4-11,17-18H,12H2,2H3. The Morgan fingerprint density at radius 1 is 1.14 bits per heavy atom. The van der Waals surface area contributed by atoms with Gasteiger partial charge in [-0.15, -0.1) is 6.42 Å². The molecule has 0 heterocycles. The van der Waals surface area contributed by atoms with Crippen molar-refractivity contribution < 1.29 is 8.42 Å². The maximum atomic E-state index is 12.3. The van der Waals surface area contributed by atoms with Gasteiger partial charge in [0.05, 0.1) is 10.6 Å². The van der Waals surface area contributed by atoms with Crippen LogP contribution in [0, 0.1) is 12.3 Å². The third-order valence-corrected chi connectivity index (χ3v) is 4.29. The molecule has 2 aromatic carbocycles. The van der Waals surface area contributed by atoms with E-state index in [9.17, 15) is 8.42 Å². The minimum atomic E-state index is -3.61. The summed E-state index contributed by atoms with van der Waals surface area (Å²) in [7, 11) is -1.77. The molecule has 0 spiro atoms. The van der Waals surface area contributed by atoms with Crippen LogP contribution in [0.15, 0.2) is 53.4 Å². The first-order valence-corrected chi connectivity index (χ1v) is 7.86. The Kier molecular flexibility index (Phi) is 4.63. The zero-order valence-corrected chi connectivity index (χ0v) is 12.4. The van der Waals surface area contributed by atoms with Gasteiger partial charge in [-0.1, -0.05) is 24.1 Å². The maximum Gasteiger partial charge on any atom is 0.261 e. The van der Waals surface area contributed by atoms with Crippen molar-refractivity contribution in [2.75, 3.05) is 11.8 Å². The fourth-order valence-electron chi connectivity index (χ4n) is 1.88. The summed E-state index contributed by atoms with van der Waals surface area (Å²) < 4.78 is 27.1. The third kappa shape index (κ3) is 3.85. The molecule has 2 rings (SSSR count). The fourth-order valence-corrected chi connectivity index (χ4v) is 2.93. The average molecular weight is 300 g/mol. The average Bonchev–Trinajstić information content (AvgIpc) is 2.48. The van der Waals surface area contributed by atoms with Gasteiger partial charge in [0.15, 0.2) is 0 Å². The van der Waals surface area contributed by atoms with Crippen LogP contribution in [-0.2, 0) is 16.6 Å². The molecule has 0 aliphatic carbocycles. The van der Waals surface area contributed by atoms with Crippen LogP contribution in [0.2, 0.25) is 0 Å². The molecule has 0 saturated heterocycles. The van der Waals surface area contributed by atoms with Crippen molar-refractivity contribution in [2.45, 2.75) is 11.4 Å². The molecule has 5 heteroatoms. The molecule has 21 heavy (non-hydrogen) atoms. The van der Waals surface area contributed by atoms with Crippen LogP contribution in [0.5, 0.6) is 0 Å². The Bertz CT molecular complexity index is 760. The van der Waals surface area contributed by atoms with Crippen molar-refractivity contribution in [3.05, 3.63) is 59.7 Å². The van der Waals surface area contributed by atoms with E-state index in [4.69, 9.17) is 6.42 Å². The molecule has 0 atom stereocenters. The Labute approximate surface area is 125 Å². The highest BCUT2D eigenvalue weighted by Gasteiger charge is 2.13. The number of hydrogen-bond acceptors (Lipinski definition) is 3. The summed E-state index contributed by atoms with van der Waals surface area (Å²) in [6, 6.07) is 13.5. The van der Waals surface area contributed by atoms with Crippen LogP contribution in [-0.4, -0.2) is 15.5 Å². The van der Waals surface area contributed by atoms with Crippen molar-refractivity contribution in [1.82, 2.24) is 5.32 Å². The summed E-state index contributed by atoms with van der Waals surface area (Å²) >= 11 is 0. The third-order valence-electron chi connectivity index (χ3n) is 2.90. The van der Waals surface area contributed by atoms with Gasteiger partial charge < -0.3 is 5.32 Å². The lowest BCUT2D eigenvalue weighted by Crippen LogP contribution is -2.13. The minimum Gasteiger partial charge on any atom is -0.316 e. The zero-order valence-electron chi connectivity index (χ0n) is 11.6. The molecule has 0 unspecified atom stereocenters. The monoisotopic (exact) mass is 300 g/mol. The normalized spacial score (nSPS) is 10.9. The van der Waals surface area contributed by atoms with Gasteiger partial charge in [-0.05, 0) is 42.9 Å². The molecule has 0 fully saturated rings. The summed E-state index contributed by atoms with van der Waals surface area (Å²) in [4.78, 5) is 0.216. The van der Waals surface area contributed by atoms with Crippen LogP contribution in [0.25, 0.3) is 0 Å². The number of sulfonamides is 1. The van der Waals surface area contributed by atoms with Crippen LogP contribution in [0.1, 0.15) is 11.1 Å². The summed E-state index contributed by atoms with van der Waals surface area (Å²) in [6.45, 7) is 0.692. The van der Waals surface area contributed by atoms with E-state index in [2.05, 4.69) is 16.0 Å². The van der Waals surface area contributed by atoms with Gasteiger partial charge in [-0.25, -0.2) is 8.42 Å². The molecular formula is C16H16N2O2S. The molecule has 0 amide bonds. The second kappa shape index (κ2) is 6.44. The fraction of sp³-hybridized carbons (Fsp3) is 0.125. The molecule has 0 bridgehead atoms. The summed E-state index contributed by atoms with van der Waals surface area (Å²) in [6.07, 6.45) is 5.31. The molecule has 2 N–H and O–H groups in total. The van der Waals surface area contributed by atoms with Gasteiger partial charge >= 0.3 is 0 Å². The van der Waals surface area contributed by atoms with Gasteiger partial charge in [0.2, 0.25) is 0 Å². The predicted molar refractivity (Wildman–Crippen MR) is 84.4 cm³/mol. The van der Waals surface area contributed by atoms with Crippen molar-refractivity contribution in [3.8, 4) is 12.3 Å². The highest BCUT2D eigenvalue weighted by atomic mass is 32.2. The second-order valence-electron chi connectivity index (χ2n) is 4.50. The number of benzene rings is 2. The number of rotatable bonds is 5. The number of hydrogen-bond donors (Lipinski definition) is 2. The number of terminal acetylenes is 1. The largest absolute Gasteiger partial charge is 0.316 e. The van der Waals surface area contributed by atoms with Gasteiger partial charge in [0, 0.05) is 12.1 Å². The van der Waals surface area contributed by atoms with E-state index in [1.165, 1.54) is 0 Å². The molecular weight excluding hydrogens is 284 g/mol. The quantitative estimate of drug-likeness (QED) is 0.832. The maximum absolute atomic E-state index is 12.3.